The van der Waals surface area contributed by atoms with Gasteiger partial charge in [-0.3, -0.25) is 4.72 Å². The monoisotopic (exact) mass is 238 g/mol. The van der Waals surface area contributed by atoms with Gasteiger partial charge in [-0.25, -0.2) is 5.26 Å². The molecule has 0 amide bonds. The fraction of sp³-hybridized carbons (Fsp3) is 0.917. The summed E-state index contributed by atoms with van der Waals surface area (Å²) in [6.07, 6.45) is 5.60. The number of hydrogen-bond donors (Lipinski definition) is 1. The lowest BCUT2D eigenvalue weighted by Gasteiger charge is -2.32. The number of nitrogens with one attached hydrogen (secondary N) is 1. The van der Waals surface area contributed by atoms with Crippen molar-refractivity contribution in [2.24, 2.45) is 0 Å². The van der Waals surface area contributed by atoms with Crippen molar-refractivity contribution in [3.8, 4) is 5.97 Å². The molecule has 1 saturated heterocycles. The van der Waals surface area contributed by atoms with E-state index in [4.69, 9.17) is 5.26 Å². The van der Waals surface area contributed by atoms with Gasteiger partial charge in [0.05, 0.1) is 0 Å². The molecule has 2 nitrogen and oxygen atoms in total. The van der Waals surface area contributed by atoms with Crippen LogP contribution in [0.25, 0.3) is 0 Å². The Labute approximate surface area is 105 Å². The molecule has 0 aromatic heterocycles. The number of nitrogens with zero attached hydrogens (tertiary/aromatic N) is 1. The second-order valence-electron chi connectivity index (χ2n) is 6.13. The van der Waals surface area contributed by atoms with Crippen molar-refractivity contribution in [3.63, 3.8) is 0 Å². The molecule has 1 aliphatic heterocycles. The Kier molecular flexibility index (Phi) is 4.76. The van der Waals surface area contributed by atoms with Gasteiger partial charge in [0.1, 0.15) is 0 Å². The van der Waals surface area contributed by atoms with Crippen molar-refractivity contribution in [1.29, 1.82) is 5.26 Å². The predicted octanol–water partition coefficient (Wildman–Crippen LogP) is 3.52. The molecule has 0 aromatic rings. The summed E-state index contributed by atoms with van der Waals surface area (Å²) in [5.41, 5.74) is 0.212. The van der Waals surface area contributed by atoms with E-state index in [1.807, 2.05) is 11.9 Å². The van der Waals surface area contributed by atoms with Gasteiger partial charge < -0.3 is 0 Å². The second-order valence-corrected chi connectivity index (χ2v) is 7.77. The lowest BCUT2D eigenvalue weighted by atomic mass is 9.46. The molecule has 16 heavy (non-hydrogen) atoms. The van der Waals surface area contributed by atoms with E-state index >= 15 is 0 Å². The zero-order valence-electron chi connectivity index (χ0n) is 11.0. The minimum absolute atomic E-state index is 0.212. The number of nitriles is 1. The van der Waals surface area contributed by atoms with E-state index in [1.54, 1.807) is 0 Å². The van der Waals surface area contributed by atoms with E-state index in [-0.39, 0.29) is 17.0 Å². The van der Waals surface area contributed by atoms with Crippen LogP contribution in [0.15, 0.2) is 0 Å². The van der Waals surface area contributed by atoms with E-state index in [2.05, 4.69) is 38.4 Å². The maximum absolute atomic E-state index is 8.97. The van der Waals surface area contributed by atoms with Crippen molar-refractivity contribution in [2.45, 2.75) is 69.9 Å². The van der Waals surface area contributed by atoms with Crippen LogP contribution in [0.3, 0.4) is 0 Å². The summed E-state index contributed by atoms with van der Waals surface area (Å²) in [6, 6.07) is 0. The van der Waals surface area contributed by atoms with Gasteiger partial charge in [0.2, 0.25) is 0 Å². The van der Waals surface area contributed by atoms with Crippen LogP contribution in [0.2, 0.25) is 12.6 Å². The average Bonchev–Trinajstić information content (AvgIpc) is 2.37. The topological polar surface area (TPSA) is 35.8 Å². The van der Waals surface area contributed by atoms with Crippen LogP contribution < -0.4 is 4.72 Å². The molecule has 0 saturated carbocycles. The lowest BCUT2D eigenvalue weighted by molar-refractivity contribution is 0.389. The van der Waals surface area contributed by atoms with Gasteiger partial charge in [0.25, 0.3) is 6.71 Å². The van der Waals surface area contributed by atoms with Crippen LogP contribution in [-0.4, -0.2) is 17.0 Å². The highest BCUT2D eigenvalue weighted by Gasteiger charge is 2.31. The standard InChI is InChI=1S/C12H23BN2S/c1-11(2,3)16-15-12(4)6-5-8-13(10-14)9-7-12/h15H,5-9H2,1-4H3. The van der Waals surface area contributed by atoms with Crippen LogP contribution in [-0.2, 0) is 0 Å². The molecule has 0 aliphatic carbocycles. The van der Waals surface area contributed by atoms with Crippen molar-refractivity contribution < 1.29 is 0 Å². The summed E-state index contributed by atoms with van der Waals surface area (Å²) in [5.74, 6) is 2.42. The maximum Gasteiger partial charge on any atom is 0.267 e. The summed E-state index contributed by atoms with van der Waals surface area (Å²) < 4.78 is 3.88. The van der Waals surface area contributed by atoms with E-state index in [0.717, 1.165) is 19.1 Å². The minimum Gasteiger partial charge on any atom is -0.258 e. The molecule has 1 N–H and O–H groups in total. The molecular formula is C12H23BN2S. The summed E-state index contributed by atoms with van der Waals surface area (Å²) in [4.78, 5) is 0. The van der Waals surface area contributed by atoms with Gasteiger partial charge in [-0.1, -0.05) is 31.0 Å². The molecule has 1 unspecified atom stereocenters. The zero-order chi connectivity index (χ0) is 12.2. The van der Waals surface area contributed by atoms with Crippen LogP contribution in [0.4, 0.5) is 0 Å². The summed E-state index contributed by atoms with van der Waals surface area (Å²) in [5, 5.41) is 8.97. The van der Waals surface area contributed by atoms with Crippen molar-refractivity contribution in [3.05, 3.63) is 0 Å². The first-order valence-electron chi connectivity index (χ1n) is 6.19. The molecule has 1 fully saturated rings. The Bertz CT molecular complexity index is 269. The first kappa shape index (κ1) is 13.9. The molecule has 90 valence electrons. The lowest BCUT2D eigenvalue weighted by Crippen LogP contribution is -2.39. The smallest absolute Gasteiger partial charge is 0.258 e. The maximum atomic E-state index is 8.97. The third-order valence-corrected chi connectivity index (χ3v) is 4.32. The van der Waals surface area contributed by atoms with Crippen LogP contribution in [0, 0.1) is 11.2 Å². The Morgan fingerprint density at radius 2 is 2.00 bits per heavy atom. The number of hydrogen-bond acceptors (Lipinski definition) is 3. The van der Waals surface area contributed by atoms with Crippen LogP contribution >= 0.6 is 11.9 Å². The van der Waals surface area contributed by atoms with Crippen molar-refractivity contribution in [2.75, 3.05) is 0 Å². The SMILES string of the molecule is CC1(NSC(C)(C)C)CCCB(C#N)CC1. The Morgan fingerprint density at radius 3 is 2.56 bits per heavy atom. The zero-order valence-corrected chi connectivity index (χ0v) is 11.8. The molecule has 1 rings (SSSR count). The van der Waals surface area contributed by atoms with Gasteiger partial charge in [-0.05, 0) is 40.5 Å². The first-order valence-corrected chi connectivity index (χ1v) is 7.01. The van der Waals surface area contributed by atoms with Crippen LogP contribution in [0.1, 0.15) is 47.0 Å². The second kappa shape index (κ2) is 5.47. The highest BCUT2D eigenvalue weighted by atomic mass is 32.2. The van der Waals surface area contributed by atoms with Gasteiger partial charge in [-0.15, -0.1) is 0 Å². The van der Waals surface area contributed by atoms with E-state index in [1.165, 1.54) is 12.8 Å². The third kappa shape index (κ3) is 4.80. The summed E-state index contributed by atoms with van der Waals surface area (Å²) in [7, 11) is 0. The molecule has 0 radical (unpaired) electrons. The van der Waals surface area contributed by atoms with E-state index < -0.39 is 0 Å². The van der Waals surface area contributed by atoms with Gasteiger partial charge in [0.15, 0.2) is 0 Å². The molecule has 1 aliphatic rings. The molecule has 0 bridgehead atoms. The van der Waals surface area contributed by atoms with Crippen molar-refractivity contribution in [1.82, 2.24) is 4.72 Å². The molecule has 1 heterocycles. The molecule has 0 spiro atoms. The van der Waals surface area contributed by atoms with Crippen molar-refractivity contribution >= 4 is 18.7 Å². The number of rotatable bonds is 2. The summed E-state index contributed by atoms with van der Waals surface area (Å²) >= 11 is 1.82. The minimum atomic E-state index is 0.212. The van der Waals surface area contributed by atoms with Gasteiger partial charge >= 0.3 is 0 Å². The molecule has 4 heteroatoms. The molecular weight excluding hydrogens is 215 g/mol. The van der Waals surface area contributed by atoms with Gasteiger partial charge in [0, 0.05) is 16.3 Å². The molecule has 0 aromatic carbocycles. The predicted molar refractivity (Wildman–Crippen MR) is 73.7 cm³/mol. The van der Waals surface area contributed by atoms with Gasteiger partial charge in [-0.2, -0.15) is 0 Å². The Hall–Kier alpha value is -0.135. The highest BCUT2D eigenvalue weighted by Crippen LogP contribution is 2.32. The average molecular weight is 238 g/mol. The first-order chi connectivity index (χ1) is 7.35. The van der Waals surface area contributed by atoms with E-state index in [9.17, 15) is 0 Å². The quantitative estimate of drug-likeness (QED) is 0.590. The largest absolute Gasteiger partial charge is 0.267 e. The van der Waals surface area contributed by atoms with Crippen LogP contribution in [0.5, 0.6) is 0 Å². The Morgan fingerprint density at radius 1 is 1.31 bits per heavy atom. The molecule has 1 atom stereocenters. The third-order valence-electron chi connectivity index (χ3n) is 3.11. The fourth-order valence-electron chi connectivity index (χ4n) is 2.01. The summed E-state index contributed by atoms with van der Waals surface area (Å²) in [6.45, 7) is 9.25. The fourth-order valence-corrected chi connectivity index (χ4v) is 2.76. The normalized spacial score (nSPS) is 27.3. The van der Waals surface area contributed by atoms with E-state index in [0.29, 0.717) is 0 Å². The highest BCUT2D eigenvalue weighted by molar-refractivity contribution is 7.98. The Balaban J connectivity index is 2.48.